The highest BCUT2D eigenvalue weighted by Gasteiger charge is 2.29. The van der Waals surface area contributed by atoms with Crippen molar-refractivity contribution in [2.24, 2.45) is 0 Å². The molecule has 2 rings (SSSR count). The van der Waals surface area contributed by atoms with Crippen molar-refractivity contribution in [1.29, 1.82) is 0 Å². The predicted molar refractivity (Wildman–Crippen MR) is 86.2 cm³/mol. The van der Waals surface area contributed by atoms with Crippen molar-refractivity contribution in [2.75, 3.05) is 7.11 Å². The minimum Gasteiger partial charge on any atom is -0.618 e. The van der Waals surface area contributed by atoms with E-state index in [1.807, 2.05) is 0 Å². The van der Waals surface area contributed by atoms with Crippen molar-refractivity contribution >= 4 is 17.7 Å². The zero-order chi connectivity index (χ0) is 18.7. The third-order valence-electron chi connectivity index (χ3n) is 3.76. The quantitative estimate of drug-likeness (QED) is 0.380. The number of carbonyl (C=O) groups excluding carboxylic acids is 3. The summed E-state index contributed by atoms with van der Waals surface area (Å²) in [5, 5.41) is 11.6. The molecule has 0 fully saturated rings. The molecule has 8 heteroatoms. The number of aromatic nitrogens is 2. The number of esters is 2. The van der Waals surface area contributed by atoms with Crippen molar-refractivity contribution in [1.82, 2.24) is 4.98 Å². The number of hydrogen-bond donors (Lipinski definition) is 1. The summed E-state index contributed by atoms with van der Waals surface area (Å²) in [7, 11) is 1.25. The van der Waals surface area contributed by atoms with Crippen LogP contribution in [0.15, 0.2) is 24.4 Å². The fourth-order valence-electron chi connectivity index (χ4n) is 2.47. The van der Waals surface area contributed by atoms with E-state index in [0.717, 1.165) is 6.20 Å². The van der Waals surface area contributed by atoms with E-state index in [2.05, 4.69) is 4.98 Å². The Balaban J connectivity index is 2.22. The average molecular weight is 346 g/mol. The van der Waals surface area contributed by atoms with E-state index in [-0.39, 0.29) is 17.0 Å². The molecule has 25 heavy (non-hydrogen) atoms. The minimum absolute atomic E-state index is 0.154. The number of pyridine rings is 1. The molecule has 0 amide bonds. The zero-order valence-corrected chi connectivity index (χ0v) is 14.3. The highest BCUT2D eigenvalue weighted by Crippen LogP contribution is 2.21. The SMILES string of the molecule is COC(=O)c1c(C)[nH]c(C(=O)[C@@H](C)OC(=O)c2cccc[n+]2[O-])c1C. The lowest BCUT2D eigenvalue weighted by Gasteiger charge is -2.11. The van der Waals surface area contributed by atoms with Crippen LogP contribution < -0.4 is 4.73 Å². The maximum Gasteiger partial charge on any atom is 0.405 e. The number of H-pyrrole nitrogens is 1. The van der Waals surface area contributed by atoms with E-state index in [1.165, 1.54) is 32.2 Å². The van der Waals surface area contributed by atoms with Crippen molar-refractivity contribution < 1.29 is 28.6 Å². The summed E-state index contributed by atoms with van der Waals surface area (Å²) in [5.74, 6) is -1.99. The molecule has 0 aromatic carbocycles. The van der Waals surface area contributed by atoms with E-state index < -0.39 is 23.8 Å². The Bertz CT molecular complexity index is 840. The summed E-state index contributed by atoms with van der Waals surface area (Å²) in [4.78, 5) is 39.2. The number of rotatable bonds is 5. The molecular formula is C17H18N2O6. The number of hydrogen-bond acceptors (Lipinski definition) is 6. The van der Waals surface area contributed by atoms with Gasteiger partial charge in [-0.2, -0.15) is 4.73 Å². The van der Waals surface area contributed by atoms with Crippen molar-refractivity contribution in [3.63, 3.8) is 0 Å². The molecule has 1 atom stereocenters. The molecule has 2 aromatic rings. The highest BCUT2D eigenvalue weighted by molar-refractivity contribution is 6.04. The molecule has 132 valence electrons. The van der Waals surface area contributed by atoms with Gasteiger partial charge in [-0.15, -0.1) is 0 Å². The van der Waals surface area contributed by atoms with Crippen LogP contribution in [0.3, 0.4) is 0 Å². The van der Waals surface area contributed by atoms with Crippen LogP contribution in [-0.4, -0.2) is 35.9 Å². The average Bonchev–Trinajstić information content (AvgIpc) is 2.88. The number of Topliss-reactive ketones (excluding diaryl/α,β-unsaturated/α-hetero) is 1. The van der Waals surface area contributed by atoms with Crippen LogP contribution in [0.4, 0.5) is 0 Å². The zero-order valence-electron chi connectivity index (χ0n) is 14.3. The molecule has 0 saturated carbocycles. The number of ether oxygens (including phenoxy) is 2. The number of nitrogens with zero attached hydrogens (tertiary/aromatic N) is 1. The highest BCUT2D eigenvalue weighted by atomic mass is 16.6. The summed E-state index contributed by atoms with van der Waals surface area (Å²) in [5.41, 5.74) is 1.09. The van der Waals surface area contributed by atoms with Crippen LogP contribution in [-0.2, 0) is 9.47 Å². The Morgan fingerprint density at radius 3 is 2.48 bits per heavy atom. The van der Waals surface area contributed by atoms with Gasteiger partial charge in [0.15, 0.2) is 12.3 Å². The molecule has 8 nitrogen and oxygen atoms in total. The molecule has 2 aromatic heterocycles. The lowest BCUT2D eigenvalue weighted by Crippen LogP contribution is -2.36. The second-order valence-corrected chi connectivity index (χ2v) is 5.44. The monoisotopic (exact) mass is 346 g/mol. The first-order chi connectivity index (χ1) is 11.8. The van der Waals surface area contributed by atoms with E-state index in [1.54, 1.807) is 13.8 Å². The van der Waals surface area contributed by atoms with E-state index >= 15 is 0 Å². The number of nitrogens with one attached hydrogen (secondary N) is 1. The first-order valence-electron chi connectivity index (χ1n) is 7.48. The van der Waals surface area contributed by atoms with Crippen molar-refractivity contribution in [3.8, 4) is 0 Å². The van der Waals surface area contributed by atoms with Crippen LogP contribution in [0, 0.1) is 19.1 Å². The first kappa shape index (κ1) is 18.2. The minimum atomic E-state index is -1.14. The Labute approximate surface area is 144 Å². The van der Waals surface area contributed by atoms with Crippen molar-refractivity contribution in [3.05, 3.63) is 57.8 Å². The van der Waals surface area contributed by atoms with Gasteiger partial charge in [0, 0.05) is 17.8 Å². The van der Waals surface area contributed by atoms with Gasteiger partial charge in [-0.05, 0) is 32.4 Å². The summed E-state index contributed by atoms with van der Waals surface area (Å²) in [6.45, 7) is 4.63. The standard InChI is InChI=1S/C17H18N2O6/c1-9-13(17(22)24-4)10(2)18-14(9)15(20)11(3)25-16(21)12-7-5-6-8-19(12)23/h5-8,11,18H,1-4H3/t11-/m1/s1. The Hall–Kier alpha value is -3.16. The molecule has 0 unspecified atom stereocenters. The largest absolute Gasteiger partial charge is 0.618 e. The summed E-state index contributed by atoms with van der Waals surface area (Å²) >= 11 is 0. The second-order valence-electron chi connectivity index (χ2n) is 5.44. The summed E-state index contributed by atoms with van der Waals surface area (Å²) in [6.07, 6.45) is 0.0134. The Kier molecular flexibility index (Phi) is 5.21. The number of ketones is 1. The fraction of sp³-hybridized carbons (Fsp3) is 0.294. The lowest BCUT2D eigenvalue weighted by molar-refractivity contribution is -0.608. The molecule has 0 spiro atoms. The van der Waals surface area contributed by atoms with Crippen LogP contribution in [0.1, 0.15) is 49.5 Å². The fourth-order valence-corrected chi connectivity index (χ4v) is 2.47. The van der Waals surface area contributed by atoms with Gasteiger partial charge in [0.1, 0.15) is 0 Å². The molecule has 0 saturated heterocycles. The molecule has 2 heterocycles. The van der Waals surface area contributed by atoms with E-state index in [4.69, 9.17) is 9.47 Å². The topological polar surface area (TPSA) is 112 Å². The Morgan fingerprint density at radius 1 is 1.20 bits per heavy atom. The van der Waals surface area contributed by atoms with Crippen LogP contribution in [0.25, 0.3) is 0 Å². The molecule has 1 N–H and O–H groups in total. The Morgan fingerprint density at radius 2 is 1.88 bits per heavy atom. The predicted octanol–water partition coefficient (Wildman–Crippen LogP) is 1.48. The van der Waals surface area contributed by atoms with Crippen molar-refractivity contribution in [2.45, 2.75) is 26.9 Å². The number of methoxy groups -OCH3 is 1. The first-order valence-corrected chi connectivity index (χ1v) is 7.48. The summed E-state index contributed by atoms with van der Waals surface area (Å²) < 4.78 is 10.1. The third kappa shape index (κ3) is 3.52. The maximum atomic E-state index is 12.5. The normalized spacial score (nSPS) is 11.7. The smallest absolute Gasteiger partial charge is 0.405 e. The molecule has 0 aliphatic rings. The molecule has 0 aliphatic carbocycles. The second kappa shape index (κ2) is 7.16. The number of aromatic amines is 1. The number of aryl methyl sites for hydroxylation is 1. The van der Waals surface area contributed by atoms with Gasteiger partial charge in [0.2, 0.25) is 5.78 Å². The van der Waals surface area contributed by atoms with Gasteiger partial charge in [-0.25, -0.2) is 9.59 Å². The van der Waals surface area contributed by atoms with Gasteiger partial charge in [-0.1, -0.05) is 0 Å². The van der Waals surface area contributed by atoms with E-state index in [0.29, 0.717) is 16.0 Å². The molecule has 0 aliphatic heterocycles. The van der Waals surface area contributed by atoms with Crippen LogP contribution >= 0.6 is 0 Å². The lowest BCUT2D eigenvalue weighted by atomic mass is 10.1. The third-order valence-corrected chi connectivity index (χ3v) is 3.76. The molecular weight excluding hydrogens is 328 g/mol. The molecule has 0 radical (unpaired) electrons. The molecule has 0 bridgehead atoms. The van der Waals surface area contributed by atoms with Gasteiger partial charge in [0.25, 0.3) is 0 Å². The van der Waals surface area contributed by atoms with Crippen LogP contribution in [0.2, 0.25) is 0 Å². The van der Waals surface area contributed by atoms with E-state index in [9.17, 15) is 19.6 Å². The van der Waals surface area contributed by atoms with Gasteiger partial charge >= 0.3 is 17.6 Å². The van der Waals surface area contributed by atoms with Crippen LogP contribution in [0.5, 0.6) is 0 Å². The van der Waals surface area contributed by atoms with Gasteiger partial charge < -0.3 is 19.7 Å². The van der Waals surface area contributed by atoms with Gasteiger partial charge in [-0.3, -0.25) is 4.79 Å². The maximum absolute atomic E-state index is 12.5. The van der Waals surface area contributed by atoms with Gasteiger partial charge in [0.05, 0.1) is 18.4 Å². The summed E-state index contributed by atoms with van der Waals surface area (Å²) in [6, 6.07) is 4.28. The number of carbonyl (C=O) groups is 3.